The van der Waals surface area contributed by atoms with Crippen molar-refractivity contribution in [2.24, 2.45) is 0 Å². The van der Waals surface area contributed by atoms with E-state index in [4.69, 9.17) is 14.2 Å². The van der Waals surface area contributed by atoms with E-state index in [1.165, 1.54) is 33.3 Å². The first-order valence-electron chi connectivity index (χ1n) is 9.60. The zero-order valence-corrected chi connectivity index (χ0v) is 17.4. The number of hydrogen-bond acceptors (Lipinski definition) is 6. The lowest BCUT2D eigenvalue weighted by Crippen LogP contribution is -2.37. The van der Waals surface area contributed by atoms with Crippen molar-refractivity contribution in [1.29, 1.82) is 0 Å². The number of carbonyl (C=O) groups is 3. The number of ether oxygens (including phenoxy) is 3. The van der Waals surface area contributed by atoms with Crippen LogP contribution in [0.3, 0.4) is 0 Å². The molecule has 1 heterocycles. The number of amides is 2. The van der Waals surface area contributed by atoms with Crippen LogP contribution < -0.4 is 20.1 Å². The minimum atomic E-state index is -1.08. The number of halogens is 1. The van der Waals surface area contributed by atoms with Gasteiger partial charge in [-0.3, -0.25) is 14.4 Å². The number of rotatable bonds is 7. The van der Waals surface area contributed by atoms with Gasteiger partial charge in [0.2, 0.25) is 5.91 Å². The third-order valence-electron chi connectivity index (χ3n) is 4.92. The van der Waals surface area contributed by atoms with Crippen LogP contribution in [0.15, 0.2) is 36.4 Å². The van der Waals surface area contributed by atoms with Crippen LogP contribution in [0.1, 0.15) is 30.4 Å². The van der Waals surface area contributed by atoms with Crippen molar-refractivity contribution < 1.29 is 33.0 Å². The first-order valence-corrected chi connectivity index (χ1v) is 9.60. The first-order chi connectivity index (χ1) is 14.8. The Morgan fingerprint density at radius 2 is 1.90 bits per heavy atom. The Kier molecular flexibility index (Phi) is 6.74. The molecule has 0 bridgehead atoms. The van der Waals surface area contributed by atoms with Gasteiger partial charge in [0.05, 0.1) is 20.1 Å². The van der Waals surface area contributed by atoms with Crippen LogP contribution >= 0.6 is 0 Å². The number of fused-ring (bicyclic) bond motifs is 1. The quantitative estimate of drug-likeness (QED) is 0.655. The molecule has 0 saturated carbocycles. The Morgan fingerprint density at radius 1 is 1.16 bits per heavy atom. The smallest absolute Gasteiger partial charge is 0.314 e. The van der Waals surface area contributed by atoms with Gasteiger partial charge in [-0.05, 0) is 42.3 Å². The standard InChI is InChI=1S/C22H23FN2O6/c1-12(21(27)24-11-13-4-7-18(29-2)19(8-13)30-3)31-22(28)16-10-20(26)25-17-9-14(23)5-6-15(16)17/h4-9,12,16H,10-11H2,1-3H3,(H,24,27)(H,25,26). The number of benzene rings is 2. The molecule has 9 heteroatoms. The molecule has 2 aromatic carbocycles. The molecule has 2 amide bonds. The summed E-state index contributed by atoms with van der Waals surface area (Å²) in [7, 11) is 3.04. The molecule has 2 atom stereocenters. The van der Waals surface area contributed by atoms with E-state index in [0.717, 1.165) is 11.6 Å². The van der Waals surface area contributed by atoms with Gasteiger partial charge in [0.1, 0.15) is 5.82 Å². The SMILES string of the molecule is COc1ccc(CNC(=O)C(C)OC(=O)C2CC(=O)Nc3cc(F)ccc32)cc1OC. The maximum absolute atomic E-state index is 13.4. The van der Waals surface area contributed by atoms with E-state index in [-0.39, 0.29) is 18.7 Å². The average molecular weight is 430 g/mol. The summed E-state index contributed by atoms with van der Waals surface area (Å²) in [6.07, 6.45) is -1.22. The Hall–Kier alpha value is -3.62. The number of methoxy groups -OCH3 is 2. The highest BCUT2D eigenvalue weighted by Crippen LogP contribution is 2.34. The van der Waals surface area contributed by atoms with Crippen LogP contribution in [0.4, 0.5) is 10.1 Å². The molecule has 1 aliphatic heterocycles. The first kappa shape index (κ1) is 22.1. The predicted octanol–water partition coefficient (Wildman–Crippen LogP) is 2.52. The maximum atomic E-state index is 13.4. The molecule has 2 unspecified atom stereocenters. The van der Waals surface area contributed by atoms with Gasteiger partial charge in [-0.15, -0.1) is 0 Å². The Morgan fingerprint density at radius 3 is 2.61 bits per heavy atom. The molecular formula is C22H23FN2O6. The topological polar surface area (TPSA) is 103 Å². The summed E-state index contributed by atoms with van der Waals surface area (Å²) in [5.74, 6) is -2.00. The number of hydrogen-bond donors (Lipinski definition) is 2. The minimum absolute atomic E-state index is 0.141. The molecule has 2 N–H and O–H groups in total. The second-order valence-electron chi connectivity index (χ2n) is 7.02. The third-order valence-corrected chi connectivity index (χ3v) is 4.92. The largest absolute Gasteiger partial charge is 0.493 e. The molecule has 0 saturated heterocycles. The maximum Gasteiger partial charge on any atom is 0.314 e. The Labute approximate surface area is 178 Å². The zero-order chi connectivity index (χ0) is 22.5. The zero-order valence-electron chi connectivity index (χ0n) is 17.4. The summed E-state index contributed by atoms with van der Waals surface area (Å²) < 4.78 is 29.1. The van der Waals surface area contributed by atoms with E-state index in [1.54, 1.807) is 18.2 Å². The van der Waals surface area contributed by atoms with E-state index in [1.807, 2.05) is 0 Å². The fourth-order valence-electron chi connectivity index (χ4n) is 3.28. The van der Waals surface area contributed by atoms with Crippen molar-refractivity contribution in [3.63, 3.8) is 0 Å². The monoisotopic (exact) mass is 430 g/mol. The van der Waals surface area contributed by atoms with Crippen molar-refractivity contribution in [1.82, 2.24) is 5.32 Å². The number of anilines is 1. The summed E-state index contributed by atoms with van der Waals surface area (Å²) in [6.45, 7) is 1.63. The van der Waals surface area contributed by atoms with Gasteiger partial charge in [-0.25, -0.2) is 4.39 Å². The molecule has 0 spiro atoms. The summed E-state index contributed by atoms with van der Waals surface area (Å²) in [5.41, 5.74) is 1.44. The predicted molar refractivity (Wildman–Crippen MR) is 109 cm³/mol. The van der Waals surface area contributed by atoms with E-state index < -0.39 is 35.6 Å². The van der Waals surface area contributed by atoms with Crippen molar-refractivity contribution >= 4 is 23.5 Å². The van der Waals surface area contributed by atoms with Crippen LogP contribution in [0, 0.1) is 5.82 Å². The van der Waals surface area contributed by atoms with Gasteiger partial charge in [0.15, 0.2) is 17.6 Å². The van der Waals surface area contributed by atoms with Crippen LogP contribution in [0.25, 0.3) is 0 Å². The molecular weight excluding hydrogens is 407 g/mol. The van der Waals surface area contributed by atoms with Crippen molar-refractivity contribution in [2.75, 3.05) is 19.5 Å². The normalized spacial score (nSPS) is 15.9. The van der Waals surface area contributed by atoms with Gasteiger partial charge in [-0.2, -0.15) is 0 Å². The lowest BCUT2D eigenvalue weighted by atomic mass is 9.90. The van der Waals surface area contributed by atoms with Gasteiger partial charge in [-0.1, -0.05) is 12.1 Å². The third kappa shape index (κ3) is 5.11. The Balaban J connectivity index is 1.61. The molecule has 164 valence electrons. The average Bonchev–Trinajstić information content (AvgIpc) is 2.76. The molecule has 0 aliphatic carbocycles. The number of nitrogens with one attached hydrogen (secondary N) is 2. The van der Waals surface area contributed by atoms with Crippen LogP contribution in [-0.2, 0) is 25.7 Å². The fourth-order valence-corrected chi connectivity index (χ4v) is 3.28. The summed E-state index contributed by atoms with van der Waals surface area (Å²) >= 11 is 0. The van der Waals surface area contributed by atoms with E-state index in [9.17, 15) is 18.8 Å². The lowest BCUT2D eigenvalue weighted by Gasteiger charge is -2.25. The summed E-state index contributed by atoms with van der Waals surface area (Å²) in [5, 5.41) is 5.22. The molecule has 1 aliphatic rings. The van der Waals surface area contributed by atoms with Gasteiger partial charge in [0, 0.05) is 18.7 Å². The molecule has 2 aromatic rings. The number of carbonyl (C=O) groups excluding carboxylic acids is 3. The fraction of sp³-hybridized carbons (Fsp3) is 0.318. The van der Waals surface area contributed by atoms with Gasteiger partial charge in [0.25, 0.3) is 5.91 Å². The molecule has 3 rings (SSSR count). The van der Waals surface area contributed by atoms with Crippen molar-refractivity contribution in [3.8, 4) is 11.5 Å². The van der Waals surface area contributed by atoms with Crippen LogP contribution in [0.2, 0.25) is 0 Å². The van der Waals surface area contributed by atoms with E-state index in [0.29, 0.717) is 17.1 Å². The lowest BCUT2D eigenvalue weighted by molar-refractivity contribution is -0.157. The Bertz CT molecular complexity index is 1010. The van der Waals surface area contributed by atoms with Gasteiger partial charge < -0.3 is 24.8 Å². The highest BCUT2D eigenvalue weighted by Gasteiger charge is 2.33. The minimum Gasteiger partial charge on any atom is -0.493 e. The van der Waals surface area contributed by atoms with Crippen molar-refractivity contribution in [3.05, 3.63) is 53.3 Å². The number of esters is 1. The van der Waals surface area contributed by atoms with Gasteiger partial charge >= 0.3 is 5.97 Å². The molecule has 31 heavy (non-hydrogen) atoms. The molecule has 8 nitrogen and oxygen atoms in total. The van der Waals surface area contributed by atoms with Crippen molar-refractivity contribution in [2.45, 2.75) is 31.9 Å². The van der Waals surface area contributed by atoms with Crippen LogP contribution in [0.5, 0.6) is 11.5 Å². The molecule has 0 radical (unpaired) electrons. The summed E-state index contributed by atoms with van der Waals surface area (Å²) in [4.78, 5) is 36.9. The second kappa shape index (κ2) is 9.46. The van der Waals surface area contributed by atoms with E-state index in [2.05, 4.69) is 10.6 Å². The molecule has 0 aromatic heterocycles. The highest BCUT2D eigenvalue weighted by molar-refractivity contribution is 6.00. The van der Waals surface area contributed by atoms with E-state index >= 15 is 0 Å². The second-order valence-corrected chi connectivity index (χ2v) is 7.02. The highest BCUT2D eigenvalue weighted by atomic mass is 19.1. The molecule has 0 fully saturated rings. The summed E-state index contributed by atoms with van der Waals surface area (Å²) in [6, 6.07) is 9.00. The van der Waals surface area contributed by atoms with Crippen LogP contribution in [-0.4, -0.2) is 38.1 Å².